The normalized spacial score (nSPS) is 23.3. The Balaban J connectivity index is 0.00000243. The fourth-order valence-electron chi connectivity index (χ4n) is 4.03. The molecule has 3 rings (SSSR count). The van der Waals surface area contributed by atoms with Crippen molar-refractivity contribution < 1.29 is 9.59 Å². The first-order valence-corrected chi connectivity index (χ1v) is 9.34. The number of piperazine rings is 1. The number of aryl methyl sites for hydroxylation is 2. The van der Waals surface area contributed by atoms with Gasteiger partial charge in [0.1, 0.15) is 0 Å². The van der Waals surface area contributed by atoms with Gasteiger partial charge in [0, 0.05) is 44.3 Å². The Morgan fingerprint density at radius 2 is 1.73 bits per heavy atom. The Labute approximate surface area is 162 Å². The molecule has 0 bridgehead atoms. The number of hydrogen-bond donors (Lipinski definition) is 1. The lowest BCUT2D eigenvalue weighted by atomic mass is 9.95. The van der Waals surface area contributed by atoms with Crippen LogP contribution in [0.1, 0.15) is 41.3 Å². The second-order valence-electron chi connectivity index (χ2n) is 7.61. The van der Waals surface area contributed by atoms with E-state index in [9.17, 15) is 9.59 Å². The van der Waals surface area contributed by atoms with Gasteiger partial charge in [-0.25, -0.2) is 0 Å². The van der Waals surface area contributed by atoms with Gasteiger partial charge in [-0.15, -0.1) is 12.4 Å². The van der Waals surface area contributed by atoms with Gasteiger partial charge in [-0.3, -0.25) is 9.59 Å². The van der Waals surface area contributed by atoms with Crippen molar-refractivity contribution in [1.29, 1.82) is 0 Å². The second-order valence-corrected chi connectivity index (χ2v) is 7.61. The van der Waals surface area contributed by atoms with Crippen LogP contribution in [0.25, 0.3) is 0 Å². The smallest absolute Gasteiger partial charge is 0.253 e. The van der Waals surface area contributed by atoms with E-state index in [2.05, 4.69) is 18.3 Å². The predicted octanol–water partition coefficient (Wildman–Crippen LogP) is 2.40. The molecule has 5 nitrogen and oxygen atoms in total. The van der Waals surface area contributed by atoms with Crippen LogP contribution >= 0.6 is 12.4 Å². The SMILES string of the molecule is Cc1cc(C)cc(C(=O)N2CCCC(C(=O)N3CCNC(C)C3)C2)c1.Cl. The molecule has 2 aliphatic heterocycles. The predicted molar refractivity (Wildman–Crippen MR) is 106 cm³/mol. The van der Waals surface area contributed by atoms with E-state index in [0.29, 0.717) is 12.6 Å². The molecule has 1 aromatic rings. The molecule has 0 radical (unpaired) electrons. The first-order chi connectivity index (χ1) is 11.9. The summed E-state index contributed by atoms with van der Waals surface area (Å²) < 4.78 is 0. The summed E-state index contributed by atoms with van der Waals surface area (Å²) >= 11 is 0. The first kappa shape index (κ1) is 20.7. The van der Waals surface area contributed by atoms with Crippen LogP contribution in [-0.2, 0) is 4.79 Å². The van der Waals surface area contributed by atoms with Gasteiger partial charge in [-0.2, -0.15) is 0 Å². The molecule has 2 saturated heterocycles. The van der Waals surface area contributed by atoms with Crippen LogP contribution in [0.4, 0.5) is 0 Å². The molecule has 0 aromatic heterocycles. The summed E-state index contributed by atoms with van der Waals surface area (Å²) in [7, 11) is 0. The van der Waals surface area contributed by atoms with Crippen molar-refractivity contribution in [3.05, 3.63) is 34.9 Å². The lowest BCUT2D eigenvalue weighted by Crippen LogP contribution is -2.54. The number of carbonyl (C=O) groups excluding carboxylic acids is 2. The maximum absolute atomic E-state index is 12.9. The molecule has 2 aliphatic rings. The van der Waals surface area contributed by atoms with Crippen LogP contribution in [0, 0.1) is 19.8 Å². The minimum atomic E-state index is -0.0612. The highest BCUT2D eigenvalue weighted by atomic mass is 35.5. The Morgan fingerprint density at radius 3 is 2.38 bits per heavy atom. The zero-order valence-corrected chi connectivity index (χ0v) is 16.8. The number of carbonyl (C=O) groups is 2. The summed E-state index contributed by atoms with van der Waals surface area (Å²) in [6.07, 6.45) is 1.78. The molecule has 1 N–H and O–H groups in total. The molecule has 2 atom stereocenters. The number of halogens is 1. The van der Waals surface area contributed by atoms with Crippen molar-refractivity contribution in [1.82, 2.24) is 15.1 Å². The number of piperidine rings is 1. The summed E-state index contributed by atoms with van der Waals surface area (Å²) in [5, 5.41) is 3.37. The molecule has 1 aromatic carbocycles. The molecular weight excluding hydrogens is 350 g/mol. The van der Waals surface area contributed by atoms with E-state index >= 15 is 0 Å². The fraction of sp³-hybridized carbons (Fsp3) is 0.600. The Morgan fingerprint density at radius 1 is 1.04 bits per heavy atom. The van der Waals surface area contributed by atoms with Crippen molar-refractivity contribution in [2.45, 2.75) is 39.7 Å². The van der Waals surface area contributed by atoms with Gasteiger partial charge < -0.3 is 15.1 Å². The summed E-state index contributed by atoms with van der Waals surface area (Å²) in [5.41, 5.74) is 2.94. The summed E-state index contributed by atoms with van der Waals surface area (Å²) in [4.78, 5) is 29.6. The van der Waals surface area contributed by atoms with E-state index in [1.807, 2.05) is 35.8 Å². The number of likely N-dealkylation sites (tertiary alicyclic amines) is 1. The van der Waals surface area contributed by atoms with E-state index in [1.165, 1.54) is 0 Å². The first-order valence-electron chi connectivity index (χ1n) is 9.34. The average molecular weight is 380 g/mol. The van der Waals surface area contributed by atoms with Crippen LogP contribution in [0.15, 0.2) is 18.2 Å². The number of amides is 2. The maximum Gasteiger partial charge on any atom is 0.253 e. The van der Waals surface area contributed by atoms with Crippen molar-refractivity contribution >= 4 is 24.2 Å². The van der Waals surface area contributed by atoms with Crippen molar-refractivity contribution in [3.63, 3.8) is 0 Å². The average Bonchev–Trinajstić information content (AvgIpc) is 2.59. The van der Waals surface area contributed by atoms with Gasteiger partial charge in [0.05, 0.1) is 5.92 Å². The molecule has 144 valence electrons. The number of hydrogen-bond acceptors (Lipinski definition) is 3. The zero-order chi connectivity index (χ0) is 18.0. The van der Waals surface area contributed by atoms with Gasteiger partial charge in [0.15, 0.2) is 0 Å². The van der Waals surface area contributed by atoms with Crippen LogP contribution in [0.2, 0.25) is 0 Å². The molecule has 2 amide bonds. The van der Waals surface area contributed by atoms with Gasteiger partial charge >= 0.3 is 0 Å². The molecular formula is C20H30ClN3O2. The largest absolute Gasteiger partial charge is 0.340 e. The van der Waals surface area contributed by atoms with E-state index < -0.39 is 0 Å². The van der Waals surface area contributed by atoms with E-state index in [1.54, 1.807) is 0 Å². The highest BCUT2D eigenvalue weighted by molar-refractivity contribution is 5.95. The topological polar surface area (TPSA) is 52.7 Å². The number of rotatable bonds is 2. The molecule has 26 heavy (non-hydrogen) atoms. The molecule has 2 heterocycles. The Kier molecular flexibility index (Phi) is 7.07. The lowest BCUT2D eigenvalue weighted by Gasteiger charge is -2.38. The molecule has 2 unspecified atom stereocenters. The monoisotopic (exact) mass is 379 g/mol. The highest BCUT2D eigenvalue weighted by Crippen LogP contribution is 2.22. The van der Waals surface area contributed by atoms with E-state index in [-0.39, 0.29) is 30.1 Å². The van der Waals surface area contributed by atoms with E-state index in [4.69, 9.17) is 0 Å². The minimum Gasteiger partial charge on any atom is -0.340 e. The van der Waals surface area contributed by atoms with Crippen LogP contribution < -0.4 is 5.32 Å². The third kappa shape index (κ3) is 4.77. The Hall–Kier alpha value is -1.59. The summed E-state index contributed by atoms with van der Waals surface area (Å²) in [5.74, 6) is 0.207. The molecule has 0 spiro atoms. The standard InChI is InChI=1S/C20H29N3O2.ClH/c1-14-9-15(2)11-18(10-14)20(25)22-7-4-5-17(13-22)19(24)23-8-6-21-16(3)12-23;/h9-11,16-17,21H,4-8,12-13H2,1-3H3;1H. The van der Waals surface area contributed by atoms with Crippen LogP contribution in [-0.4, -0.2) is 60.4 Å². The number of nitrogens with one attached hydrogen (secondary N) is 1. The van der Waals surface area contributed by atoms with Crippen LogP contribution in [0.3, 0.4) is 0 Å². The molecule has 0 saturated carbocycles. The van der Waals surface area contributed by atoms with E-state index in [0.717, 1.165) is 55.7 Å². The lowest BCUT2D eigenvalue weighted by molar-refractivity contribution is -0.138. The third-order valence-electron chi connectivity index (χ3n) is 5.21. The number of benzene rings is 1. The molecule has 0 aliphatic carbocycles. The summed E-state index contributed by atoms with van der Waals surface area (Å²) in [6.45, 7) is 9.80. The maximum atomic E-state index is 12.9. The molecule has 6 heteroatoms. The quantitative estimate of drug-likeness (QED) is 0.858. The van der Waals surface area contributed by atoms with Gasteiger partial charge in [0.25, 0.3) is 5.91 Å². The second kappa shape index (κ2) is 8.87. The van der Waals surface area contributed by atoms with Crippen molar-refractivity contribution in [3.8, 4) is 0 Å². The van der Waals surface area contributed by atoms with Crippen LogP contribution in [0.5, 0.6) is 0 Å². The fourth-order valence-corrected chi connectivity index (χ4v) is 4.03. The summed E-state index contributed by atoms with van der Waals surface area (Å²) in [6, 6.07) is 6.30. The van der Waals surface area contributed by atoms with Crippen molar-refractivity contribution in [2.75, 3.05) is 32.7 Å². The van der Waals surface area contributed by atoms with Crippen molar-refractivity contribution in [2.24, 2.45) is 5.92 Å². The zero-order valence-electron chi connectivity index (χ0n) is 16.0. The number of nitrogens with zero attached hydrogens (tertiary/aromatic N) is 2. The Bertz CT molecular complexity index is 644. The van der Waals surface area contributed by atoms with Gasteiger partial charge in [-0.1, -0.05) is 17.2 Å². The minimum absolute atomic E-state index is 0. The molecule has 2 fully saturated rings. The van der Waals surface area contributed by atoms with Gasteiger partial charge in [0.2, 0.25) is 5.91 Å². The third-order valence-corrected chi connectivity index (χ3v) is 5.21. The van der Waals surface area contributed by atoms with Gasteiger partial charge in [-0.05, 0) is 45.7 Å². The highest BCUT2D eigenvalue weighted by Gasteiger charge is 2.32.